The maximum atomic E-state index is 11.4. The molecule has 1 aliphatic heterocycles. The van der Waals surface area contributed by atoms with E-state index in [4.69, 9.17) is 9.47 Å². The van der Waals surface area contributed by atoms with Crippen molar-refractivity contribution in [3.05, 3.63) is 47.5 Å². The summed E-state index contributed by atoms with van der Waals surface area (Å²) in [6.45, 7) is 0.0123. The molecule has 3 rings (SSSR count). The first kappa shape index (κ1) is 13.0. The number of carboxylic acid groups (broad SMARTS) is 2. The van der Waals surface area contributed by atoms with Crippen LogP contribution < -0.4 is 9.47 Å². The average Bonchev–Trinajstić information content (AvgIpc) is 2.93. The van der Waals surface area contributed by atoms with Gasteiger partial charge in [0, 0.05) is 5.56 Å². The minimum absolute atomic E-state index is 0.0123. The van der Waals surface area contributed by atoms with E-state index in [1.807, 2.05) is 0 Å². The van der Waals surface area contributed by atoms with Crippen LogP contribution in [0, 0.1) is 0 Å². The van der Waals surface area contributed by atoms with Crippen molar-refractivity contribution in [2.75, 3.05) is 6.79 Å². The quantitative estimate of drug-likeness (QED) is 0.900. The van der Waals surface area contributed by atoms with Gasteiger partial charge in [-0.25, -0.2) is 9.59 Å². The number of rotatable bonds is 3. The summed E-state index contributed by atoms with van der Waals surface area (Å²) in [6, 6.07) is 9.06. The van der Waals surface area contributed by atoms with Gasteiger partial charge in [-0.3, -0.25) is 0 Å². The number of ether oxygens (including phenoxy) is 2. The largest absolute Gasteiger partial charge is 0.478 e. The Kier molecular flexibility index (Phi) is 2.98. The Labute approximate surface area is 119 Å². The molecule has 2 N–H and O–H groups in total. The molecule has 21 heavy (non-hydrogen) atoms. The summed E-state index contributed by atoms with van der Waals surface area (Å²) >= 11 is 0. The third-order valence-corrected chi connectivity index (χ3v) is 3.19. The highest BCUT2D eigenvalue weighted by atomic mass is 16.7. The Morgan fingerprint density at radius 3 is 2.14 bits per heavy atom. The summed E-state index contributed by atoms with van der Waals surface area (Å²) in [5.74, 6) is -1.55. The molecule has 2 aromatic rings. The Morgan fingerprint density at radius 1 is 0.857 bits per heavy atom. The minimum atomic E-state index is -1.16. The molecule has 0 bridgehead atoms. The smallest absolute Gasteiger partial charge is 0.336 e. The van der Waals surface area contributed by atoms with Crippen LogP contribution in [0.4, 0.5) is 0 Å². The molecule has 106 valence electrons. The lowest BCUT2D eigenvalue weighted by molar-refractivity contribution is 0.0684. The minimum Gasteiger partial charge on any atom is -0.478 e. The van der Waals surface area contributed by atoms with Gasteiger partial charge in [-0.05, 0) is 23.8 Å². The summed E-state index contributed by atoms with van der Waals surface area (Å²) in [6.07, 6.45) is 0. The van der Waals surface area contributed by atoms with Crippen molar-refractivity contribution in [3.63, 3.8) is 0 Å². The molecule has 1 heterocycles. The van der Waals surface area contributed by atoms with Crippen LogP contribution in [0.3, 0.4) is 0 Å². The fourth-order valence-corrected chi connectivity index (χ4v) is 2.25. The highest BCUT2D eigenvalue weighted by Crippen LogP contribution is 2.39. The van der Waals surface area contributed by atoms with Crippen molar-refractivity contribution in [2.45, 2.75) is 0 Å². The molecule has 2 aromatic carbocycles. The highest BCUT2D eigenvalue weighted by molar-refractivity contribution is 6.02. The summed E-state index contributed by atoms with van der Waals surface area (Å²) in [5.41, 5.74) is 0.595. The van der Waals surface area contributed by atoms with Crippen LogP contribution in [0.5, 0.6) is 11.5 Å². The predicted molar refractivity (Wildman–Crippen MR) is 71.9 cm³/mol. The molecule has 0 aliphatic carbocycles. The van der Waals surface area contributed by atoms with Crippen LogP contribution in [-0.2, 0) is 0 Å². The van der Waals surface area contributed by atoms with Gasteiger partial charge in [0.1, 0.15) is 0 Å². The number of hydrogen-bond acceptors (Lipinski definition) is 4. The average molecular weight is 286 g/mol. The van der Waals surface area contributed by atoms with E-state index in [1.165, 1.54) is 18.2 Å². The van der Waals surface area contributed by atoms with Crippen molar-refractivity contribution in [2.24, 2.45) is 0 Å². The lowest BCUT2D eigenvalue weighted by Gasteiger charge is -2.10. The molecule has 0 atom stereocenters. The second kappa shape index (κ2) is 4.82. The van der Waals surface area contributed by atoms with Crippen molar-refractivity contribution >= 4 is 11.9 Å². The van der Waals surface area contributed by atoms with Gasteiger partial charge in [0.25, 0.3) is 0 Å². The zero-order valence-electron chi connectivity index (χ0n) is 10.7. The molecule has 0 amide bonds. The van der Waals surface area contributed by atoms with Crippen LogP contribution >= 0.6 is 0 Å². The van der Waals surface area contributed by atoms with Gasteiger partial charge in [0.05, 0.1) is 11.1 Å². The fraction of sp³-hybridized carbons (Fsp3) is 0.0667. The maximum absolute atomic E-state index is 11.4. The number of hydrogen-bond donors (Lipinski definition) is 2. The molecular formula is C15H10O6. The third kappa shape index (κ3) is 2.16. The van der Waals surface area contributed by atoms with E-state index in [-0.39, 0.29) is 23.5 Å². The Hall–Kier alpha value is -3.02. The molecular weight excluding hydrogens is 276 g/mol. The predicted octanol–water partition coefficient (Wildman–Crippen LogP) is 2.48. The van der Waals surface area contributed by atoms with Crippen molar-refractivity contribution in [1.82, 2.24) is 0 Å². The number of carboxylic acids is 2. The molecule has 0 spiro atoms. The van der Waals surface area contributed by atoms with E-state index >= 15 is 0 Å². The first-order valence-corrected chi connectivity index (χ1v) is 6.07. The lowest BCUT2D eigenvalue weighted by atomic mass is 9.95. The standard InChI is InChI=1S/C15H10O6/c16-14(17)9-4-2-1-3-8(9)10-5-12-13(21-7-20-12)6-11(10)15(18)19/h1-6H,7H2,(H,16,17)(H,18,19). The van der Waals surface area contributed by atoms with Crippen LogP contribution in [0.15, 0.2) is 36.4 Å². The number of carbonyl (C=O) groups is 2. The van der Waals surface area contributed by atoms with E-state index in [0.717, 1.165) is 0 Å². The van der Waals surface area contributed by atoms with E-state index in [1.54, 1.807) is 18.2 Å². The fourth-order valence-electron chi connectivity index (χ4n) is 2.25. The van der Waals surface area contributed by atoms with Gasteiger partial charge in [-0.15, -0.1) is 0 Å². The number of aromatic carboxylic acids is 2. The molecule has 0 radical (unpaired) electrons. The molecule has 6 heteroatoms. The molecule has 0 unspecified atom stereocenters. The Morgan fingerprint density at radius 2 is 1.48 bits per heavy atom. The second-order valence-electron chi connectivity index (χ2n) is 4.41. The van der Waals surface area contributed by atoms with Crippen LogP contribution in [0.25, 0.3) is 11.1 Å². The number of benzene rings is 2. The van der Waals surface area contributed by atoms with E-state index in [0.29, 0.717) is 17.1 Å². The SMILES string of the molecule is O=C(O)c1ccccc1-c1cc2c(cc1C(=O)O)OCO2. The Bertz CT molecular complexity index is 750. The molecule has 0 saturated heterocycles. The summed E-state index contributed by atoms with van der Waals surface area (Å²) in [4.78, 5) is 22.7. The molecule has 0 fully saturated rings. The van der Waals surface area contributed by atoms with E-state index < -0.39 is 11.9 Å². The van der Waals surface area contributed by atoms with Crippen molar-refractivity contribution in [3.8, 4) is 22.6 Å². The molecule has 1 aliphatic rings. The van der Waals surface area contributed by atoms with Crippen LogP contribution in [-0.4, -0.2) is 28.9 Å². The van der Waals surface area contributed by atoms with E-state index in [2.05, 4.69) is 0 Å². The normalized spacial score (nSPS) is 12.2. The van der Waals surface area contributed by atoms with Gasteiger partial charge in [0.15, 0.2) is 11.5 Å². The summed E-state index contributed by atoms with van der Waals surface area (Å²) in [7, 11) is 0. The first-order valence-electron chi connectivity index (χ1n) is 6.07. The van der Waals surface area contributed by atoms with Gasteiger partial charge < -0.3 is 19.7 Å². The van der Waals surface area contributed by atoms with Gasteiger partial charge in [0.2, 0.25) is 6.79 Å². The van der Waals surface area contributed by atoms with Crippen molar-refractivity contribution < 1.29 is 29.3 Å². The third-order valence-electron chi connectivity index (χ3n) is 3.19. The monoisotopic (exact) mass is 286 g/mol. The van der Waals surface area contributed by atoms with Crippen LogP contribution in [0.2, 0.25) is 0 Å². The van der Waals surface area contributed by atoms with E-state index in [9.17, 15) is 19.8 Å². The number of fused-ring (bicyclic) bond motifs is 1. The zero-order chi connectivity index (χ0) is 15.0. The Balaban J connectivity index is 2.27. The lowest BCUT2D eigenvalue weighted by Crippen LogP contribution is -2.04. The van der Waals surface area contributed by atoms with Gasteiger partial charge >= 0.3 is 11.9 Å². The molecule has 6 nitrogen and oxygen atoms in total. The molecule has 0 aromatic heterocycles. The molecule has 0 saturated carbocycles. The topological polar surface area (TPSA) is 93.1 Å². The van der Waals surface area contributed by atoms with Gasteiger partial charge in [-0.1, -0.05) is 18.2 Å². The highest BCUT2D eigenvalue weighted by Gasteiger charge is 2.23. The maximum Gasteiger partial charge on any atom is 0.336 e. The van der Waals surface area contributed by atoms with Crippen molar-refractivity contribution in [1.29, 1.82) is 0 Å². The van der Waals surface area contributed by atoms with Crippen LogP contribution in [0.1, 0.15) is 20.7 Å². The van der Waals surface area contributed by atoms with Gasteiger partial charge in [-0.2, -0.15) is 0 Å². The zero-order valence-corrected chi connectivity index (χ0v) is 10.7. The first-order chi connectivity index (χ1) is 10.1. The second-order valence-corrected chi connectivity index (χ2v) is 4.41. The summed E-state index contributed by atoms with van der Waals surface area (Å²) < 4.78 is 10.4. The summed E-state index contributed by atoms with van der Waals surface area (Å²) in [5, 5.41) is 18.6.